The van der Waals surface area contributed by atoms with Crippen LogP contribution in [-0.4, -0.2) is 54.0 Å². The Morgan fingerprint density at radius 1 is 0.914 bits per heavy atom. The number of allylic oxidation sites excluding steroid dienone is 2. The number of ether oxygens (including phenoxy) is 2. The average Bonchev–Trinajstić information content (AvgIpc) is 3.05. The molecule has 3 rings (SSSR count). The van der Waals surface area contributed by atoms with Crippen molar-refractivity contribution in [3.05, 3.63) is 58.8 Å². The van der Waals surface area contributed by atoms with Crippen LogP contribution >= 0.6 is 0 Å². The van der Waals surface area contributed by atoms with Gasteiger partial charge < -0.3 is 14.8 Å². The van der Waals surface area contributed by atoms with E-state index in [-0.39, 0.29) is 37.0 Å². The molecule has 2 amide bonds. The molecule has 2 aliphatic rings. The Morgan fingerprint density at radius 2 is 1.51 bits per heavy atom. The predicted octanol–water partition coefficient (Wildman–Crippen LogP) is 3.92. The number of rotatable bonds is 12. The van der Waals surface area contributed by atoms with E-state index < -0.39 is 5.54 Å². The lowest BCUT2D eigenvalue weighted by Gasteiger charge is -2.33. The number of imide groups is 1. The minimum Gasteiger partial charge on any atom is -0.463 e. The summed E-state index contributed by atoms with van der Waals surface area (Å²) < 4.78 is 10.4. The molecule has 0 saturated carbocycles. The fourth-order valence-electron chi connectivity index (χ4n) is 4.42. The molecule has 2 heterocycles. The van der Waals surface area contributed by atoms with Crippen molar-refractivity contribution in [3.8, 4) is 0 Å². The first-order chi connectivity index (χ1) is 16.7. The summed E-state index contributed by atoms with van der Waals surface area (Å²) in [6, 6.07) is 6.96. The Morgan fingerprint density at radius 3 is 2.14 bits per heavy atom. The summed E-state index contributed by atoms with van der Waals surface area (Å²) in [5, 5.41) is 3.30. The van der Waals surface area contributed by atoms with Gasteiger partial charge in [-0.3, -0.25) is 24.1 Å². The van der Waals surface area contributed by atoms with Crippen LogP contribution in [0.4, 0.5) is 0 Å². The van der Waals surface area contributed by atoms with Gasteiger partial charge in [-0.2, -0.15) is 0 Å². The maximum absolute atomic E-state index is 12.4. The van der Waals surface area contributed by atoms with Crippen molar-refractivity contribution in [3.63, 3.8) is 0 Å². The summed E-state index contributed by atoms with van der Waals surface area (Å²) in [7, 11) is 0. The molecule has 0 fully saturated rings. The molecular weight excluding hydrogens is 448 g/mol. The van der Waals surface area contributed by atoms with E-state index >= 15 is 0 Å². The number of hydrogen-bond acceptors (Lipinski definition) is 7. The Bertz CT molecular complexity index is 1010. The van der Waals surface area contributed by atoms with E-state index in [1.807, 2.05) is 13.0 Å². The Labute approximate surface area is 206 Å². The summed E-state index contributed by atoms with van der Waals surface area (Å²) in [4.78, 5) is 48.7. The standard InChI is InChI=1S/C27H34N2O6/c1-19(30)34-17-22-15-21(16-27(3,28-22)18-35-20(2)31)11-7-5-4-6-10-14-29-25(32)23-12-8-9-13-24(23)26(29)33/h8-9,12-13,15-16,28H,4-7,10-11,14,17-18H2,1-3H3. The average molecular weight is 483 g/mol. The second-order valence-corrected chi connectivity index (χ2v) is 9.32. The van der Waals surface area contributed by atoms with E-state index in [4.69, 9.17) is 9.47 Å². The lowest BCUT2D eigenvalue weighted by Crippen LogP contribution is -2.47. The number of hydrogen-bond donors (Lipinski definition) is 1. The molecule has 8 heteroatoms. The molecule has 188 valence electrons. The number of esters is 2. The molecule has 0 bridgehead atoms. The highest BCUT2D eigenvalue weighted by atomic mass is 16.5. The van der Waals surface area contributed by atoms with E-state index in [0.29, 0.717) is 17.7 Å². The number of fused-ring (bicyclic) bond motifs is 1. The summed E-state index contributed by atoms with van der Waals surface area (Å²) in [6.45, 7) is 5.45. The van der Waals surface area contributed by atoms with E-state index in [1.54, 1.807) is 24.3 Å². The lowest BCUT2D eigenvalue weighted by molar-refractivity contribution is -0.142. The summed E-state index contributed by atoms with van der Waals surface area (Å²) >= 11 is 0. The first-order valence-electron chi connectivity index (χ1n) is 12.1. The van der Waals surface area contributed by atoms with Gasteiger partial charge in [-0.25, -0.2) is 0 Å². The summed E-state index contributed by atoms with van der Waals surface area (Å²) in [6.07, 6.45) is 9.61. The molecule has 0 aromatic heterocycles. The third kappa shape index (κ3) is 7.28. The van der Waals surface area contributed by atoms with Crippen molar-refractivity contribution >= 4 is 23.8 Å². The number of carbonyl (C=O) groups excluding carboxylic acids is 4. The van der Waals surface area contributed by atoms with Gasteiger partial charge in [0.15, 0.2) is 0 Å². The zero-order valence-electron chi connectivity index (χ0n) is 20.7. The minimum absolute atomic E-state index is 0.139. The normalized spacial score (nSPS) is 19.0. The lowest BCUT2D eigenvalue weighted by atomic mass is 9.92. The van der Waals surface area contributed by atoms with Crippen LogP contribution in [0.5, 0.6) is 0 Å². The van der Waals surface area contributed by atoms with Gasteiger partial charge in [0.1, 0.15) is 13.2 Å². The molecule has 1 atom stereocenters. The van der Waals surface area contributed by atoms with Gasteiger partial charge in [-0.1, -0.05) is 37.5 Å². The van der Waals surface area contributed by atoms with Crippen molar-refractivity contribution in [1.29, 1.82) is 0 Å². The zero-order chi connectivity index (χ0) is 25.4. The molecule has 1 N–H and O–H groups in total. The highest BCUT2D eigenvalue weighted by molar-refractivity contribution is 6.21. The molecule has 0 saturated heterocycles. The number of nitrogens with one attached hydrogen (secondary N) is 1. The van der Waals surface area contributed by atoms with Crippen molar-refractivity contribution in [2.24, 2.45) is 0 Å². The van der Waals surface area contributed by atoms with Crippen LogP contribution < -0.4 is 5.32 Å². The van der Waals surface area contributed by atoms with Crippen LogP contribution in [0.15, 0.2) is 47.7 Å². The van der Waals surface area contributed by atoms with Crippen LogP contribution in [-0.2, 0) is 19.1 Å². The molecule has 35 heavy (non-hydrogen) atoms. The van der Waals surface area contributed by atoms with E-state index in [9.17, 15) is 19.2 Å². The van der Waals surface area contributed by atoms with Gasteiger partial charge in [-0.05, 0) is 50.0 Å². The molecular formula is C27H34N2O6. The predicted molar refractivity (Wildman–Crippen MR) is 130 cm³/mol. The third-order valence-electron chi connectivity index (χ3n) is 6.04. The number of amides is 2. The third-order valence-corrected chi connectivity index (χ3v) is 6.04. The van der Waals surface area contributed by atoms with E-state index in [0.717, 1.165) is 49.8 Å². The summed E-state index contributed by atoms with van der Waals surface area (Å²) in [5.41, 5.74) is 2.29. The maximum Gasteiger partial charge on any atom is 0.303 e. The second-order valence-electron chi connectivity index (χ2n) is 9.32. The van der Waals surface area contributed by atoms with Crippen molar-refractivity contribution < 1.29 is 28.7 Å². The fraction of sp³-hybridized carbons (Fsp3) is 0.481. The zero-order valence-corrected chi connectivity index (χ0v) is 20.7. The molecule has 8 nitrogen and oxygen atoms in total. The quantitative estimate of drug-likeness (QED) is 0.274. The highest BCUT2D eigenvalue weighted by Gasteiger charge is 2.34. The van der Waals surface area contributed by atoms with Gasteiger partial charge >= 0.3 is 11.9 Å². The monoisotopic (exact) mass is 482 g/mol. The van der Waals surface area contributed by atoms with Gasteiger partial charge in [0.2, 0.25) is 0 Å². The first kappa shape index (κ1) is 26.2. The van der Waals surface area contributed by atoms with Crippen LogP contribution in [0.2, 0.25) is 0 Å². The molecule has 1 unspecified atom stereocenters. The highest BCUT2D eigenvalue weighted by Crippen LogP contribution is 2.25. The Hall–Kier alpha value is -3.42. The second kappa shape index (κ2) is 11.8. The molecule has 1 aromatic rings. The van der Waals surface area contributed by atoms with Crippen molar-refractivity contribution in [2.75, 3.05) is 19.8 Å². The topological polar surface area (TPSA) is 102 Å². The number of carbonyl (C=O) groups is 4. The Balaban J connectivity index is 1.43. The van der Waals surface area contributed by atoms with Crippen molar-refractivity contribution in [1.82, 2.24) is 10.2 Å². The first-order valence-corrected chi connectivity index (χ1v) is 12.1. The van der Waals surface area contributed by atoms with Crippen LogP contribution in [0.25, 0.3) is 0 Å². The number of unbranched alkanes of at least 4 members (excludes halogenated alkanes) is 4. The molecule has 1 aromatic carbocycles. The van der Waals surface area contributed by atoms with Crippen LogP contribution in [0, 0.1) is 0 Å². The molecule has 0 radical (unpaired) electrons. The van der Waals surface area contributed by atoms with Gasteiger partial charge in [0.05, 0.1) is 22.4 Å². The van der Waals surface area contributed by atoms with Gasteiger partial charge in [0, 0.05) is 20.4 Å². The number of benzene rings is 1. The Kier molecular flexibility index (Phi) is 8.84. The molecule has 0 spiro atoms. The smallest absolute Gasteiger partial charge is 0.303 e. The SMILES string of the molecule is CC(=O)OCC1=CC(CCCCCCCN2C(=O)c3ccccc3C2=O)=CC(C)(COC(C)=O)N1. The minimum atomic E-state index is -0.572. The molecule has 2 aliphatic heterocycles. The van der Waals surface area contributed by atoms with Crippen LogP contribution in [0.3, 0.4) is 0 Å². The largest absolute Gasteiger partial charge is 0.463 e. The van der Waals surface area contributed by atoms with E-state index in [1.165, 1.54) is 18.7 Å². The fourth-order valence-corrected chi connectivity index (χ4v) is 4.42. The van der Waals surface area contributed by atoms with Crippen LogP contribution in [0.1, 0.15) is 80.0 Å². The maximum atomic E-state index is 12.4. The molecule has 0 aliphatic carbocycles. The van der Waals surface area contributed by atoms with E-state index in [2.05, 4.69) is 11.4 Å². The summed E-state index contributed by atoms with van der Waals surface area (Å²) in [5.74, 6) is -1.10. The number of dihydropyridines is 1. The van der Waals surface area contributed by atoms with Crippen molar-refractivity contribution in [2.45, 2.75) is 64.8 Å². The van der Waals surface area contributed by atoms with Gasteiger partial charge in [0.25, 0.3) is 11.8 Å². The number of nitrogens with zero attached hydrogens (tertiary/aromatic N) is 1. The van der Waals surface area contributed by atoms with Gasteiger partial charge in [-0.15, -0.1) is 0 Å².